The van der Waals surface area contributed by atoms with E-state index in [1.54, 1.807) is 24.3 Å². The molecule has 156 valence electrons. The van der Waals surface area contributed by atoms with E-state index >= 15 is 0 Å². The number of rotatable bonds is 8. The van der Waals surface area contributed by atoms with Gasteiger partial charge in [0.2, 0.25) is 15.9 Å². The van der Waals surface area contributed by atoms with Gasteiger partial charge in [-0.15, -0.1) is 0 Å². The number of anilines is 1. The van der Waals surface area contributed by atoms with Crippen LogP contribution in [-0.4, -0.2) is 14.3 Å². The van der Waals surface area contributed by atoms with Gasteiger partial charge in [-0.3, -0.25) is 4.79 Å². The summed E-state index contributed by atoms with van der Waals surface area (Å²) in [4.78, 5) is 12.4. The Hall–Kier alpha value is -2.96. The molecule has 0 aromatic heterocycles. The molecule has 3 rings (SSSR count). The summed E-state index contributed by atoms with van der Waals surface area (Å²) in [5.74, 6) is -0.0735. The molecule has 0 heterocycles. The van der Waals surface area contributed by atoms with E-state index in [9.17, 15) is 13.2 Å². The normalized spacial score (nSPS) is 12.3. The number of hydrogen-bond acceptors (Lipinski definition) is 3. The highest BCUT2D eigenvalue weighted by Gasteiger charge is 2.18. The first-order valence-corrected chi connectivity index (χ1v) is 11.3. The van der Waals surface area contributed by atoms with Crippen molar-refractivity contribution in [3.8, 4) is 0 Å². The summed E-state index contributed by atoms with van der Waals surface area (Å²) in [6, 6.07) is 23.4. The van der Waals surface area contributed by atoms with E-state index in [1.807, 2.05) is 68.4 Å². The van der Waals surface area contributed by atoms with E-state index in [0.717, 1.165) is 22.4 Å². The Morgan fingerprint density at radius 3 is 2.30 bits per heavy atom. The minimum Gasteiger partial charge on any atom is -0.326 e. The summed E-state index contributed by atoms with van der Waals surface area (Å²) in [5, 5.41) is 2.88. The van der Waals surface area contributed by atoms with Gasteiger partial charge in [0.15, 0.2) is 0 Å². The fourth-order valence-electron chi connectivity index (χ4n) is 3.15. The zero-order valence-electron chi connectivity index (χ0n) is 17.1. The second-order valence-electron chi connectivity index (χ2n) is 7.32. The molecule has 30 heavy (non-hydrogen) atoms. The van der Waals surface area contributed by atoms with Crippen molar-refractivity contribution < 1.29 is 13.2 Å². The first-order chi connectivity index (χ1) is 14.3. The molecule has 0 aliphatic heterocycles. The van der Waals surface area contributed by atoms with Crippen LogP contribution in [0.3, 0.4) is 0 Å². The Bertz CT molecular complexity index is 1090. The number of amides is 1. The number of benzene rings is 3. The van der Waals surface area contributed by atoms with Crippen LogP contribution in [0.5, 0.6) is 0 Å². The zero-order chi connectivity index (χ0) is 21.6. The number of carbonyl (C=O) groups is 1. The zero-order valence-corrected chi connectivity index (χ0v) is 17.9. The summed E-state index contributed by atoms with van der Waals surface area (Å²) in [6.07, 6.45) is 0.856. The second-order valence-corrected chi connectivity index (χ2v) is 9.03. The van der Waals surface area contributed by atoms with Gasteiger partial charge in [0.25, 0.3) is 0 Å². The third-order valence-corrected chi connectivity index (χ3v) is 6.36. The standard InChI is InChI=1S/C24H26N2O3S/c1-18-7-6-10-22(17-18)25-24(27)16-13-20-11-14-23(15-12-20)30(28,29)26-19(2)21-8-4-3-5-9-21/h3-12,14-15,17,19,26H,13,16H2,1-2H3,(H,25,27). The molecule has 0 spiro atoms. The van der Waals surface area contributed by atoms with Crippen LogP contribution in [0, 0.1) is 6.92 Å². The van der Waals surface area contributed by atoms with Gasteiger partial charge in [-0.1, -0.05) is 54.6 Å². The van der Waals surface area contributed by atoms with Gasteiger partial charge in [0.05, 0.1) is 4.90 Å². The maximum absolute atomic E-state index is 12.6. The molecule has 0 fully saturated rings. The molecule has 2 N–H and O–H groups in total. The Morgan fingerprint density at radius 1 is 0.933 bits per heavy atom. The lowest BCUT2D eigenvalue weighted by Gasteiger charge is -2.15. The highest BCUT2D eigenvalue weighted by atomic mass is 32.2. The third kappa shape index (κ3) is 6.02. The molecule has 0 radical (unpaired) electrons. The molecular weight excluding hydrogens is 396 g/mol. The highest BCUT2D eigenvalue weighted by Crippen LogP contribution is 2.18. The Labute approximate surface area is 178 Å². The second kappa shape index (κ2) is 9.69. The lowest BCUT2D eigenvalue weighted by atomic mass is 10.1. The number of sulfonamides is 1. The van der Waals surface area contributed by atoms with Crippen LogP contribution in [0.15, 0.2) is 83.8 Å². The van der Waals surface area contributed by atoms with Crippen molar-refractivity contribution in [2.45, 2.75) is 37.6 Å². The van der Waals surface area contributed by atoms with E-state index < -0.39 is 10.0 Å². The molecule has 0 saturated heterocycles. The highest BCUT2D eigenvalue weighted by molar-refractivity contribution is 7.89. The maximum Gasteiger partial charge on any atom is 0.241 e. The molecule has 1 unspecified atom stereocenters. The fraction of sp³-hybridized carbons (Fsp3) is 0.208. The summed E-state index contributed by atoms with van der Waals surface area (Å²) in [7, 11) is -3.63. The van der Waals surface area contributed by atoms with Gasteiger partial charge in [-0.2, -0.15) is 0 Å². The third-order valence-electron chi connectivity index (χ3n) is 4.81. The number of hydrogen-bond donors (Lipinski definition) is 2. The minimum absolute atomic E-state index is 0.0735. The molecule has 6 heteroatoms. The van der Waals surface area contributed by atoms with Crippen molar-refractivity contribution in [1.29, 1.82) is 0 Å². The fourth-order valence-corrected chi connectivity index (χ4v) is 4.38. The maximum atomic E-state index is 12.6. The molecule has 5 nitrogen and oxygen atoms in total. The van der Waals surface area contributed by atoms with Gasteiger partial charge in [-0.25, -0.2) is 13.1 Å². The number of nitrogens with one attached hydrogen (secondary N) is 2. The lowest BCUT2D eigenvalue weighted by Crippen LogP contribution is -2.26. The topological polar surface area (TPSA) is 75.3 Å². The summed E-state index contributed by atoms with van der Waals surface area (Å²) in [6.45, 7) is 3.79. The molecule has 0 saturated carbocycles. The van der Waals surface area contributed by atoms with Gasteiger partial charge in [0, 0.05) is 18.2 Å². The van der Waals surface area contributed by atoms with Crippen LogP contribution in [0.25, 0.3) is 0 Å². The largest absolute Gasteiger partial charge is 0.326 e. The molecular formula is C24H26N2O3S. The number of aryl methyl sites for hydroxylation is 2. The summed E-state index contributed by atoms with van der Waals surface area (Å²) < 4.78 is 28.0. The molecule has 3 aromatic rings. The van der Waals surface area contributed by atoms with Crippen molar-refractivity contribution in [1.82, 2.24) is 4.72 Å². The summed E-state index contributed by atoms with van der Waals surface area (Å²) in [5.41, 5.74) is 3.67. The summed E-state index contributed by atoms with van der Waals surface area (Å²) >= 11 is 0. The number of carbonyl (C=O) groups excluding carboxylic acids is 1. The van der Waals surface area contributed by atoms with E-state index in [4.69, 9.17) is 0 Å². The van der Waals surface area contributed by atoms with Crippen LogP contribution in [0.4, 0.5) is 5.69 Å². The average molecular weight is 423 g/mol. The van der Waals surface area contributed by atoms with Crippen LogP contribution in [0.2, 0.25) is 0 Å². The van der Waals surface area contributed by atoms with Gasteiger partial charge in [-0.05, 0) is 61.2 Å². The monoisotopic (exact) mass is 422 g/mol. The van der Waals surface area contributed by atoms with Crippen LogP contribution in [0.1, 0.15) is 36.1 Å². The van der Waals surface area contributed by atoms with Crippen molar-refractivity contribution in [3.05, 3.63) is 95.6 Å². The average Bonchev–Trinajstić information content (AvgIpc) is 2.73. The molecule has 1 amide bonds. The Balaban J connectivity index is 1.56. The van der Waals surface area contributed by atoms with E-state index in [1.165, 1.54) is 0 Å². The predicted molar refractivity (Wildman–Crippen MR) is 120 cm³/mol. The van der Waals surface area contributed by atoms with Crippen LogP contribution in [-0.2, 0) is 21.2 Å². The van der Waals surface area contributed by atoms with Crippen molar-refractivity contribution in [2.75, 3.05) is 5.32 Å². The van der Waals surface area contributed by atoms with E-state index in [-0.39, 0.29) is 16.8 Å². The lowest BCUT2D eigenvalue weighted by molar-refractivity contribution is -0.116. The van der Waals surface area contributed by atoms with Gasteiger partial charge >= 0.3 is 0 Å². The smallest absolute Gasteiger partial charge is 0.241 e. The molecule has 0 bridgehead atoms. The minimum atomic E-state index is -3.63. The SMILES string of the molecule is Cc1cccc(NC(=O)CCc2ccc(S(=O)(=O)NC(C)c3ccccc3)cc2)c1. The quantitative estimate of drug-likeness (QED) is 0.557. The van der Waals surface area contributed by atoms with E-state index in [0.29, 0.717) is 12.8 Å². The predicted octanol–water partition coefficient (Wildman–Crippen LogP) is 4.61. The van der Waals surface area contributed by atoms with Crippen LogP contribution < -0.4 is 10.0 Å². The molecule has 3 aromatic carbocycles. The molecule has 0 aliphatic rings. The van der Waals surface area contributed by atoms with Crippen molar-refractivity contribution >= 4 is 21.6 Å². The van der Waals surface area contributed by atoms with Gasteiger partial charge < -0.3 is 5.32 Å². The van der Waals surface area contributed by atoms with Crippen molar-refractivity contribution in [3.63, 3.8) is 0 Å². The van der Waals surface area contributed by atoms with E-state index in [2.05, 4.69) is 10.0 Å². The van der Waals surface area contributed by atoms with Crippen LogP contribution >= 0.6 is 0 Å². The first-order valence-electron chi connectivity index (χ1n) is 9.86. The van der Waals surface area contributed by atoms with Gasteiger partial charge in [0.1, 0.15) is 0 Å². The molecule has 1 atom stereocenters. The van der Waals surface area contributed by atoms with Crippen molar-refractivity contribution in [2.24, 2.45) is 0 Å². The Kier molecular flexibility index (Phi) is 7.03. The molecule has 0 aliphatic carbocycles. The Morgan fingerprint density at radius 2 is 1.63 bits per heavy atom. The first kappa shape index (κ1) is 21.7.